The van der Waals surface area contributed by atoms with E-state index in [2.05, 4.69) is 0 Å². The van der Waals surface area contributed by atoms with Crippen LogP contribution in [0, 0.1) is 10.1 Å². The van der Waals surface area contributed by atoms with Gasteiger partial charge in [-0.1, -0.05) is 37.5 Å². The second-order valence-electron chi connectivity index (χ2n) is 8.82. The van der Waals surface area contributed by atoms with Crippen molar-refractivity contribution in [3.63, 3.8) is 0 Å². The zero-order valence-electron chi connectivity index (χ0n) is 19.2. The van der Waals surface area contributed by atoms with Gasteiger partial charge in [-0.25, -0.2) is 8.42 Å². The maximum absolute atomic E-state index is 13.8. The first kappa shape index (κ1) is 24.2. The van der Waals surface area contributed by atoms with Gasteiger partial charge < -0.3 is 9.64 Å². The van der Waals surface area contributed by atoms with Crippen molar-refractivity contribution < 1.29 is 22.9 Å². The minimum Gasteiger partial charge on any atom is -0.497 e. The van der Waals surface area contributed by atoms with Gasteiger partial charge in [-0.3, -0.25) is 14.9 Å². The first-order valence-corrected chi connectivity index (χ1v) is 12.9. The summed E-state index contributed by atoms with van der Waals surface area (Å²) in [6, 6.07) is 12.8. The van der Waals surface area contributed by atoms with Crippen LogP contribution in [-0.2, 0) is 20.2 Å². The molecule has 0 unspecified atom stereocenters. The van der Waals surface area contributed by atoms with Crippen molar-refractivity contribution in [2.24, 2.45) is 0 Å². The summed E-state index contributed by atoms with van der Waals surface area (Å²) in [5.74, 6) is 0.784. The second-order valence-corrected chi connectivity index (χ2v) is 10.8. The van der Waals surface area contributed by atoms with Crippen LogP contribution in [0.1, 0.15) is 37.7 Å². The van der Waals surface area contributed by atoms with Crippen LogP contribution in [0.15, 0.2) is 53.4 Å². The van der Waals surface area contributed by atoms with Crippen LogP contribution in [0.25, 0.3) is 0 Å². The molecule has 2 aliphatic rings. The van der Waals surface area contributed by atoms with Gasteiger partial charge in [-0.2, -0.15) is 4.31 Å². The summed E-state index contributed by atoms with van der Waals surface area (Å²) in [4.78, 5) is 25.9. The number of nitro groups is 1. The Labute approximate surface area is 199 Å². The Bertz CT molecular complexity index is 1150. The van der Waals surface area contributed by atoms with Crippen molar-refractivity contribution in [2.45, 2.75) is 42.4 Å². The molecule has 2 aromatic carbocycles. The van der Waals surface area contributed by atoms with Gasteiger partial charge in [0.05, 0.1) is 22.3 Å². The molecule has 0 atom stereocenters. The number of benzene rings is 2. The highest BCUT2D eigenvalue weighted by atomic mass is 32.2. The van der Waals surface area contributed by atoms with Gasteiger partial charge in [0.15, 0.2) is 0 Å². The molecule has 1 amide bonds. The molecule has 182 valence electrons. The van der Waals surface area contributed by atoms with Gasteiger partial charge in [-0.15, -0.1) is 0 Å². The van der Waals surface area contributed by atoms with Crippen molar-refractivity contribution in [2.75, 3.05) is 33.3 Å². The number of non-ortho nitro benzene ring substituents is 1. The highest BCUT2D eigenvalue weighted by Crippen LogP contribution is 2.42. The van der Waals surface area contributed by atoms with Gasteiger partial charge >= 0.3 is 0 Å². The molecule has 9 nitrogen and oxygen atoms in total. The average molecular weight is 488 g/mol. The Morgan fingerprint density at radius 3 is 2.24 bits per heavy atom. The lowest BCUT2D eigenvalue weighted by atomic mass is 9.68. The zero-order chi connectivity index (χ0) is 24.3. The van der Waals surface area contributed by atoms with Crippen LogP contribution in [0.4, 0.5) is 5.69 Å². The average Bonchev–Trinajstić information content (AvgIpc) is 2.89. The Morgan fingerprint density at radius 1 is 1.00 bits per heavy atom. The van der Waals surface area contributed by atoms with Gasteiger partial charge in [0, 0.05) is 38.3 Å². The molecular weight excluding hydrogens is 458 g/mol. The molecule has 2 fully saturated rings. The molecule has 1 saturated carbocycles. The number of nitrogens with zero attached hydrogens (tertiary/aromatic N) is 3. The number of amides is 1. The normalized spacial score (nSPS) is 18.9. The number of rotatable bonds is 6. The number of carbonyl (C=O) groups is 1. The third-order valence-corrected chi connectivity index (χ3v) is 8.85. The Balaban J connectivity index is 1.51. The molecule has 10 heteroatoms. The van der Waals surface area contributed by atoms with Crippen LogP contribution >= 0.6 is 0 Å². The predicted molar refractivity (Wildman–Crippen MR) is 126 cm³/mol. The van der Waals surface area contributed by atoms with E-state index in [4.69, 9.17) is 4.74 Å². The Morgan fingerprint density at radius 2 is 1.65 bits per heavy atom. The highest BCUT2D eigenvalue weighted by Gasteiger charge is 2.44. The molecule has 0 bridgehead atoms. The lowest BCUT2D eigenvalue weighted by molar-refractivity contribution is -0.385. The van der Waals surface area contributed by atoms with E-state index in [0.29, 0.717) is 0 Å². The SMILES string of the molecule is COc1ccc(C2(C(=O)N3CCN(S(=O)(=O)c4cccc([N+](=O)[O-])c4)CC3)CCCCC2)cc1. The fourth-order valence-corrected chi connectivity index (χ4v) is 6.49. The number of ether oxygens (including phenoxy) is 1. The van der Waals surface area contributed by atoms with Crippen molar-refractivity contribution in [1.29, 1.82) is 0 Å². The fourth-order valence-electron chi connectivity index (χ4n) is 5.03. The van der Waals surface area contributed by atoms with Crippen molar-refractivity contribution >= 4 is 21.6 Å². The van der Waals surface area contributed by atoms with E-state index in [0.717, 1.165) is 49.5 Å². The van der Waals surface area contributed by atoms with Crippen molar-refractivity contribution in [3.8, 4) is 5.75 Å². The molecule has 34 heavy (non-hydrogen) atoms. The minimum absolute atomic E-state index is 0.0461. The smallest absolute Gasteiger partial charge is 0.270 e. The maximum Gasteiger partial charge on any atom is 0.270 e. The number of methoxy groups -OCH3 is 1. The zero-order valence-corrected chi connectivity index (χ0v) is 20.0. The maximum atomic E-state index is 13.8. The van der Waals surface area contributed by atoms with Crippen LogP contribution in [0.5, 0.6) is 5.75 Å². The molecule has 1 aliphatic carbocycles. The standard InChI is InChI=1S/C24H29N3O6S/c1-33-21-10-8-19(9-11-21)24(12-3-2-4-13-24)23(28)25-14-16-26(17-15-25)34(31,32)22-7-5-6-20(18-22)27(29)30/h5-11,18H,2-4,12-17H2,1H3. The monoisotopic (exact) mass is 487 g/mol. The fraction of sp³-hybridized carbons (Fsp3) is 0.458. The van der Waals surface area contributed by atoms with Crippen LogP contribution in [0.2, 0.25) is 0 Å². The lowest BCUT2D eigenvalue weighted by Crippen LogP contribution is -2.56. The molecule has 0 N–H and O–H groups in total. The number of nitro benzene ring substituents is 1. The van der Waals surface area contributed by atoms with Crippen LogP contribution < -0.4 is 4.74 Å². The van der Waals surface area contributed by atoms with E-state index in [1.54, 1.807) is 12.0 Å². The summed E-state index contributed by atoms with van der Waals surface area (Å²) in [7, 11) is -2.28. The van der Waals surface area contributed by atoms with Gasteiger partial charge in [-0.05, 0) is 36.6 Å². The molecule has 2 aromatic rings. The summed E-state index contributed by atoms with van der Waals surface area (Å²) >= 11 is 0. The number of piperazine rings is 1. The highest BCUT2D eigenvalue weighted by molar-refractivity contribution is 7.89. The first-order valence-electron chi connectivity index (χ1n) is 11.5. The molecule has 1 saturated heterocycles. The van der Waals surface area contributed by atoms with Gasteiger partial charge in [0.2, 0.25) is 15.9 Å². The summed E-state index contributed by atoms with van der Waals surface area (Å²) in [5, 5.41) is 11.1. The summed E-state index contributed by atoms with van der Waals surface area (Å²) in [5.41, 5.74) is 0.101. The topological polar surface area (TPSA) is 110 Å². The molecule has 1 aliphatic heterocycles. The second kappa shape index (κ2) is 9.71. The van der Waals surface area contributed by atoms with E-state index in [1.807, 2.05) is 24.3 Å². The number of sulfonamides is 1. The predicted octanol–water partition coefficient (Wildman–Crippen LogP) is 3.34. The van der Waals surface area contributed by atoms with Crippen LogP contribution in [0.3, 0.4) is 0 Å². The molecule has 4 rings (SSSR count). The van der Waals surface area contributed by atoms with E-state index < -0.39 is 20.4 Å². The van der Waals surface area contributed by atoms with Crippen molar-refractivity contribution in [3.05, 3.63) is 64.2 Å². The van der Waals surface area contributed by atoms with E-state index in [9.17, 15) is 23.3 Å². The number of hydrogen-bond donors (Lipinski definition) is 0. The number of carbonyl (C=O) groups excluding carboxylic acids is 1. The number of hydrogen-bond acceptors (Lipinski definition) is 6. The van der Waals surface area contributed by atoms with Crippen LogP contribution in [-0.4, -0.2) is 61.7 Å². The Hall–Kier alpha value is -2.98. The third-order valence-electron chi connectivity index (χ3n) is 6.95. The van der Waals surface area contributed by atoms with Crippen molar-refractivity contribution in [1.82, 2.24) is 9.21 Å². The third kappa shape index (κ3) is 4.52. The molecule has 0 aromatic heterocycles. The molecule has 0 spiro atoms. The minimum atomic E-state index is -3.89. The lowest BCUT2D eigenvalue weighted by Gasteiger charge is -2.43. The van der Waals surface area contributed by atoms with Gasteiger partial charge in [0.1, 0.15) is 5.75 Å². The quantitative estimate of drug-likeness (QED) is 0.457. The van der Waals surface area contributed by atoms with Gasteiger partial charge in [0.25, 0.3) is 5.69 Å². The summed E-state index contributed by atoms with van der Waals surface area (Å²) < 4.78 is 32.7. The van der Waals surface area contributed by atoms with E-state index in [-0.39, 0.29) is 42.7 Å². The Kier molecular flexibility index (Phi) is 6.90. The van der Waals surface area contributed by atoms with E-state index in [1.165, 1.54) is 22.5 Å². The molecule has 0 radical (unpaired) electrons. The molecule has 1 heterocycles. The largest absolute Gasteiger partial charge is 0.497 e. The summed E-state index contributed by atoms with van der Waals surface area (Å²) in [6.45, 7) is 0.862. The molecular formula is C24H29N3O6S. The first-order chi connectivity index (χ1) is 16.3. The summed E-state index contributed by atoms with van der Waals surface area (Å²) in [6.07, 6.45) is 4.58. The van der Waals surface area contributed by atoms with E-state index >= 15 is 0 Å².